The zero-order valence-corrected chi connectivity index (χ0v) is 11.3. The molecule has 0 bridgehead atoms. The van der Waals surface area contributed by atoms with Crippen LogP contribution in [-0.2, 0) is 6.18 Å². The average Bonchev–Trinajstić information content (AvgIpc) is 2.38. The van der Waals surface area contributed by atoms with Crippen molar-refractivity contribution in [3.63, 3.8) is 0 Å². The molecule has 0 aliphatic heterocycles. The molecule has 0 spiro atoms. The largest absolute Gasteiger partial charge is 0.433 e. The van der Waals surface area contributed by atoms with Crippen LogP contribution < -0.4 is 5.32 Å². The third kappa shape index (κ3) is 3.84. The van der Waals surface area contributed by atoms with Gasteiger partial charge in [-0.3, -0.25) is 0 Å². The molecule has 1 atom stereocenters. The van der Waals surface area contributed by atoms with Crippen LogP contribution in [0.15, 0.2) is 12.1 Å². The minimum atomic E-state index is -4.57. The molecule has 110 valence electrons. The predicted molar refractivity (Wildman–Crippen MR) is 68.0 cm³/mol. The Kier molecular flexibility index (Phi) is 4.95. The molecule has 0 saturated carbocycles. The van der Waals surface area contributed by atoms with Gasteiger partial charge in [-0.05, 0) is 31.9 Å². The molecule has 1 heterocycles. The van der Waals surface area contributed by atoms with Crippen molar-refractivity contribution >= 4 is 5.82 Å². The Morgan fingerprint density at radius 3 is 2.50 bits per heavy atom. The second-order valence-electron chi connectivity index (χ2n) is 4.72. The summed E-state index contributed by atoms with van der Waals surface area (Å²) in [5.74, 6) is -0.111. The number of alkyl halides is 3. The zero-order chi connectivity index (χ0) is 15.4. The number of pyridine rings is 1. The first-order valence-electron chi connectivity index (χ1n) is 6.13. The Morgan fingerprint density at radius 2 is 2.05 bits per heavy atom. The maximum absolute atomic E-state index is 12.7. The number of rotatable bonds is 5. The van der Waals surface area contributed by atoms with Crippen molar-refractivity contribution in [2.24, 2.45) is 0 Å². The van der Waals surface area contributed by atoms with Gasteiger partial charge in [0.2, 0.25) is 0 Å². The van der Waals surface area contributed by atoms with E-state index in [1.54, 1.807) is 6.92 Å². The van der Waals surface area contributed by atoms with E-state index in [0.29, 0.717) is 12.8 Å². The topological polar surface area (TPSA) is 68.9 Å². The van der Waals surface area contributed by atoms with Crippen molar-refractivity contribution in [2.75, 3.05) is 11.9 Å². The van der Waals surface area contributed by atoms with E-state index in [9.17, 15) is 13.2 Å². The van der Waals surface area contributed by atoms with Crippen LogP contribution in [0.1, 0.15) is 37.9 Å². The Bertz CT molecular complexity index is 511. The maximum atomic E-state index is 12.7. The maximum Gasteiger partial charge on any atom is 0.433 e. The van der Waals surface area contributed by atoms with Crippen LogP contribution in [0.5, 0.6) is 0 Å². The number of aliphatic hydroxyl groups excluding tert-OH is 1. The van der Waals surface area contributed by atoms with E-state index in [4.69, 9.17) is 10.4 Å². The highest BCUT2D eigenvalue weighted by molar-refractivity contribution is 5.54. The van der Waals surface area contributed by atoms with Crippen LogP contribution in [0, 0.1) is 11.3 Å². The minimum Gasteiger partial charge on any atom is -0.396 e. The van der Waals surface area contributed by atoms with Crippen molar-refractivity contribution in [3.8, 4) is 6.07 Å². The van der Waals surface area contributed by atoms with Crippen molar-refractivity contribution in [1.29, 1.82) is 5.26 Å². The van der Waals surface area contributed by atoms with Crippen molar-refractivity contribution < 1.29 is 18.3 Å². The van der Waals surface area contributed by atoms with E-state index in [1.807, 2.05) is 13.0 Å². The number of halogens is 3. The number of hydrogen-bond donors (Lipinski definition) is 2. The molecule has 4 nitrogen and oxygen atoms in total. The van der Waals surface area contributed by atoms with Gasteiger partial charge in [0.1, 0.15) is 17.6 Å². The molecule has 0 fully saturated rings. The first kappa shape index (κ1) is 16.2. The summed E-state index contributed by atoms with van der Waals surface area (Å²) in [5.41, 5.74) is -1.64. The molecule has 7 heteroatoms. The molecular formula is C13H16F3N3O. The molecule has 1 aromatic heterocycles. The normalized spacial score (nSPS) is 14.4. The van der Waals surface area contributed by atoms with Gasteiger partial charge in [-0.15, -0.1) is 0 Å². The fraction of sp³-hybridized carbons (Fsp3) is 0.538. The summed E-state index contributed by atoms with van der Waals surface area (Å²) in [4.78, 5) is 3.49. The molecule has 0 amide bonds. The summed E-state index contributed by atoms with van der Waals surface area (Å²) >= 11 is 0. The van der Waals surface area contributed by atoms with Gasteiger partial charge in [0.05, 0.1) is 5.56 Å². The van der Waals surface area contributed by atoms with Crippen LogP contribution in [0.25, 0.3) is 0 Å². The van der Waals surface area contributed by atoms with E-state index in [2.05, 4.69) is 10.3 Å². The standard InChI is InChI=1S/C13H16F3N3O/c1-3-12(2,6-7-20)19-11-9(8-17)4-5-10(18-11)13(14,15)16/h4-5,20H,3,6-7H2,1-2H3,(H,18,19). The quantitative estimate of drug-likeness (QED) is 0.873. The van der Waals surface area contributed by atoms with Crippen molar-refractivity contribution in [2.45, 2.75) is 38.4 Å². The molecule has 0 aliphatic carbocycles. The van der Waals surface area contributed by atoms with E-state index in [0.717, 1.165) is 12.1 Å². The number of nitrogens with zero attached hydrogens (tertiary/aromatic N) is 2. The minimum absolute atomic E-state index is 0.0376. The molecule has 0 aromatic carbocycles. The fourth-order valence-corrected chi connectivity index (χ4v) is 1.66. The molecule has 0 saturated heterocycles. The Hall–Kier alpha value is -1.81. The van der Waals surface area contributed by atoms with Gasteiger partial charge < -0.3 is 10.4 Å². The van der Waals surface area contributed by atoms with Crippen LogP contribution >= 0.6 is 0 Å². The molecule has 0 radical (unpaired) electrons. The highest BCUT2D eigenvalue weighted by Gasteiger charge is 2.34. The van der Waals surface area contributed by atoms with Gasteiger partial charge in [0.25, 0.3) is 0 Å². The van der Waals surface area contributed by atoms with E-state index in [1.165, 1.54) is 0 Å². The highest BCUT2D eigenvalue weighted by atomic mass is 19.4. The monoisotopic (exact) mass is 287 g/mol. The number of hydrogen-bond acceptors (Lipinski definition) is 4. The fourth-order valence-electron chi connectivity index (χ4n) is 1.66. The Morgan fingerprint density at radius 1 is 1.40 bits per heavy atom. The molecule has 1 rings (SSSR count). The smallest absolute Gasteiger partial charge is 0.396 e. The van der Waals surface area contributed by atoms with Crippen LogP contribution in [0.2, 0.25) is 0 Å². The van der Waals surface area contributed by atoms with E-state index < -0.39 is 17.4 Å². The van der Waals surface area contributed by atoms with Crippen LogP contribution in [-0.4, -0.2) is 22.2 Å². The lowest BCUT2D eigenvalue weighted by Crippen LogP contribution is -2.36. The zero-order valence-electron chi connectivity index (χ0n) is 11.3. The number of nitriles is 1. The lowest BCUT2D eigenvalue weighted by atomic mass is 9.94. The van der Waals surface area contributed by atoms with Crippen molar-refractivity contribution in [1.82, 2.24) is 4.98 Å². The highest BCUT2D eigenvalue weighted by Crippen LogP contribution is 2.30. The molecule has 2 N–H and O–H groups in total. The molecule has 0 aliphatic rings. The van der Waals surface area contributed by atoms with E-state index in [-0.39, 0.29) is 18.0 Å². The predicted octanol–water partition coefficient (Wildman–Crippen LogP) is 2.94. The summed E-state index contributed by atoms with van der Waals surface area (Å²) in [6.45, 7) is 3.48. The summed E-state index contributed by atoms with van der Waals surface area (Å²) in [7, 11) is 0. The number of anilines is 1. The van der Waals surface area contributed by atoms with E-state index >= 15 is 0 Å². The first-order chi connectivity index (χ1) is 9.25. The lowest BCUT2D eigenvalue weighted by molar-refractivity contribution is -0.141. The summed E-state index contributed by atoms with van der Waals surface area (Å²) in [6.07, 6.45) is -3.66. The second-order valence-corrected chi connectivity index (χ2v) is 4.72. The Balaban J connectivity index is 3.18. The van der Waals surface area contributed by atoms with Crippen LogP contribution in [0.3, 0.4) is 0 Å². The van der Waals surface area contributed by atoms with Gasteiger partial charge in [-0.1, -0.05) is 6.92 Å². The van der Waals surface area contributed by atoms with Crippen molar-refractivity contribution in [3.05, 3.63) is 23.4 Å². The number of nitrogens with one attached hydrogen (secondary N) is 1. The second kappa shape index (κ2) is 6.09. The van der Waals surface area contributed by atoms with Gasteiger partial charge in [0.15, 0.2) is 0 Å². The molecular weight excluding hydrogens is 271 g/mol. The lowest BCUT2D eigenvalue weighted by Gasteiger charge is -2.30. The summed E-state index contributed by atoms with van der Waals surface area (Å²) in [5, 5.41) is 20.8. The average molecular weight is 287 g/mol. The summed E-state index contributed by atoms with van der Waals surface area (Å²) in [6, 6.07) is 3.68. The SMILES string of the molecule is CCC(C)(CCO)Nc1nc(C(F)(F)F)ccc1C#N. The third-order valence-corrected chi connectivity index (χ3v) is 3.17. The molecule has 1 aromatic rings. The third-order valence-electron chi connectivity index (χ3n) is 3.17. The molecule has 20 heavy (non-hydrogen) atoms. The van der Waals surface area contributed by atoms with Crippen LogP contribution in [0.4, 0.5) is 19.0 Å². The summed E-state index contributed by atoms with van der Waals surface area (Å²) < 4.78 is 38.0. The van der Waals surface area contributed by atoms with Gasteiger partial charge in [0, 0.05) is 12.1 Å². The van der Waals surface area contributed by atoms with Gasteiger partial charge >= 0.3 is 6.18 Å². The Labute approximate surface area is 115 Å². The van der Waals surface area contributed by atoms with Gasteiger partial charge in [-0.25, -0.2) is 4.98 Å². The molecule has 1 unspecified atom stereocenters. The number of aliphatic hydroxyl groups is 1. The first-order valence-corrected chi connectivity index (χ1v) is 6.13. The number of aromatic nitrogens is 1. The van der Waals surface area contributed by atoms with Gasteiger partial charge in [-0.2, -0.15) is 18.4 Å².